The van der Waals surface area contributed by atoms with Crippen LogP contribution < -0.4 is 16.4 Å². The summed E-state index contributed by atoms with van der Waals surface area (Å²) in [5.74, 6) is -1.96. The fourth-order valence-corrected chi connectivity index (χ4v) is 5.01. The summed E-state index contributed by atoms with van der Waals surface area (Å²) < 4.78 is 0. The predicted molar refractivity (Wildman–Crippen MR) is 144 cm³/mol. The lowest BCUT2D eigenvalue weighted by molar-refractivity contribution is -0.143. The van der Waals surface area contributed by atoms with E-state index in [-0.39, 0.29) is 24.7 Å². The molecule has 4 atom stereocenters. The van der Waals surface area contributed by atoms with E-state index in [2.05, 4.69) is 15.6 Å². The molecule has 3 rings (SSSR count). The highest BCUT2D eigenvalue weighted by Crippen LogP contribution is 2.22. The highest BCUT2D eigenvalue weighted by Gasteiger charge is 2.38. The van der Waals surface area contributed by atoms with Crippen LogP contribution in [0.4, 0.5) is 0 Å². The van der Waals surface area contributed by atoms with Crippen molar-refractivity contribution in [3.05, 3.63) is 36.0 Å². The summed E-state index contributed by atoms with van der Waals surface area (Å²) in [5, 5.41) is 15.9. The summed E-state index contributed by atoms with van der Waals surface area (Å²) >= 11 is 1.49. The number of para-hydroxylation sites is 1. The van der Waals surface area contributed by atoms with Gasteiger partial charge in [0.15, 0.2) is 0 Å². The molecule has 4 unspecified atom stereocenters. The van der Waals surface area contributed by atoms with Gasteiger partial charge in [-0.2, -0.15) is 11.8 Å². The van der Waals surface area contributed by atoms with Crippen molar-refractivity contribution in [3.8, 4) is 0 Å². The minimum absolute atomic E-state index is 0.0774. The van der Waals surface area contributed by atoms with Crippen LogP contribution in [0, 0.1) is 5.92 Å². The van der Waals surface area contributed by atoms with Crippen molar-refractivity contribution in [3.63, 3.8) is 0 Å². The third-order valence-electron chi connectivity index (χ3n) is 6.80. The van der Waals surface area contributed by atoms with E-state index in [9.17, 15) is 24.3 Å². The van der Waals surface area contributed by atoms with Crippen molar-refractivity contribution in [1.82, 2.24) is 20.5 Å². The second kappa shape index (κ2) is 13.0. The van der Waals surface area contributed by atoms with E-state index in [1.54, 1.807) is 6.20 Å². The number of carbonyl (C=O) groups is 4. The molecule has 6 N–H and O–H groups in total. The van der Waals surface area contributed by atoms with Crippen LogP contribution in [0.2, 0.25) is 0 Å². The van der Waals surface area contributed by atoms with Crippen LogP contribution >= 0.6 is 11.8 Å². The van der Waals surface area contributed by atoms with Crippen molar-refractivity contribution < 1.29 is 24.3 Å². The summed E-state index contributed by atoms with van der Waals surface area (Å²) in [5.41, 5.74) is 7.77. The molecular formula is C26H37N5O5S. The van der Waals surface area contributed by atoms with Gasteiger partial charge in [-0.1, -0.05) is 32.0 Å². The van der Waals surface area contributed by atoms with E-state index in [0.29, 0.717) is 25.1 Å². The molecule has 1 aromatic heterocycles. The summed E-state index contributed by atoms with van der Waals surface area (Å²) in [7, 11) is 0. The van der Waals surface area contributed by atoms with E-state index in [1.165, 1.54) is 16.7 Å². The number of benzene rings is 1. The maximum absolute atomic E-state index is 13.4. The number of rotatable bonds is 12. The SMILES string of the molecule is CSCCC(NC(=O)C(Cc1c[nH]c2ccccc12)NC(=O)C1CCCN1C(=O)C(N)C(C)C)C(=O)O. The van der Waals surface area contributed by atoms with Gasteiger partial charge < -0.3 is 31.4 Å². The highest BCUT2D eigenvalue weighted by molar-refractivity contribution is 7.98. The number of nitrogens with zero attached hydrogens (tertiary/aromatic N) is 1. The average molecular weight is 532 g/mol. The second-order valence-corrected chi connectivity index (χ2v) is 10.8. The van der Waals surface area contributed by atoms with Gasteiger partial charge in [0.2, 0.25) is 17.7 Å². The number of hydrogen-bond donors (Lipinski definition) is 5. The molecule has 3 amide bonds. The lowest BCUT2D eigenvalue weighted by Gasteiger charge is -2.29. The van der Waals surface area contributed by atoms with Crippen molar-refractivity contribution in [2.24, 2.45) is 11.7 Å². The van der Waals surface area contributed by atoms with Gasteiger partial charge in [-0.3, -0.25) is 14.4 Å². The number of aromatic nitrogens is 1. The van der Waals surface area contributed by atoms with Crippen molar-refractivity contribution in [2.45, 2.75) is 63.7 Å². The van der Waals surface area contributed by atoms with Gasteiger partial charge >= 0.3 is 5.97 Å². The predicted octanol–water partition coefficient (Wildman–Crippen LogP) is 1.49. The van der Waals surface area contributed by atoms with Crippen molar-refractivity contribution in [2.75, 3.05) is 18.6 Å². The first-order valence-electron chi connectivity index (χ1n) is 12.6. The Kier molecular flexibility index (Phi) is 9.99. The molecule has 2 aromatic rings. The van der Waals surface area contributed by atoms with Crippen molar-refractivity contribution >= 4 is 46.4 Å². The number of aliphatic carboxylic acids is 1. The number of amides is 3. The fourth-order valence-electron chi connectivity index (χ4n) is 4.54. The lowest BCUT2D eigenvalue weighted by Crippen LogP contribution is -2.57. The van der Waals surface area contributed by atoms with E-state index in [1.807, 2.05) is 44.4 Å². The molecule has 11 heteroatoms. The van der Waals surface area contributed by atoms with E-state index in [0.717, 1.165) is 16.5 Å². The Morgan fingerprint density at radius 3 is 2.59 bits per heavy atom. The van der Waals surface area contributed by atoms with Gasteiger partial charge in [0.05, 0.1) is 6.04 Å². The van der Waals surface area contributed by atoms with Crippen LogP contribution in [-0.2, 0) is 25.6 Å². The number of thioether (sulfide) groups is 1. The molecule has 2 heterocycles. The van der Waals surface area contributed by atoms with Crippen molar-refractivity contribution in [1.29, 1.82) is 0 Å². The third-order valence-corrected chi connectivity index (χ3v) is 7.44. The smallest absolute Gasteiger partial charge is 0.326 e. The molecule has 0 bridgehead atoms. The number of fused-ring (bicyclic) bond motifs is 1. The Bertz CT molecular complexity index is 1120. The monoisotopic (exact) mass is 531 g/mol. The zero-order valence-electron chi connectivity index (χ0n) is 21.5. The largest absolute Gasteiger partial charge is 0.480 e. The number of nitrogens with one attached hydrogen (secondary N) is 3. The molecule has 1 aromatic carbocycles. The van der Waals surface area contributed by atoms with Crippen LogP contribution in [0.3, 0.4) is 0 Å². The number of nitrogens with two attached hydrogens (primary N) is 1. The Hall–Kier alpha value is -3.05. The van der Waals surface area contributed by atoms with Gasteiger partial charge in [-0.05, 0) is 48.8 Å². The van der Waals surface area contributed by atoms with E-state index >= 15 is 0 Å². The van der Waals surface area contributed by atoms with Crippen LogP contribution in [0.1, 0.15) is 38.7 Å². The summed E-state index contributed by atoms with van der Waals surface area (Å²) in [4.78, 5) is 56.1. The van der Waals surface area contributed by atoms with Crippen LogP contribution in [0.5, 0.6) is 0 Å². The van der Waals surface area contributed by atoms with Gasteiger partial charge in [-0.25, -0.2) is 4.79 Å². The molecule has 10 nitrogen and oxygen atoms in total. The summed E-state index contributed by atoms with van der Waals surface area (Å²) in [6.45, 7) is 4.13. The molecule has 0 aliphatic carbocycles. The molecule has 37 heavy (non-hydrogen) atoms. The average Bonchev–Trinajstić information content (AvgIpc) is 3.52. The normalized spacial score (nSPS) is 18.0. The fraction of sp³-hybridized carbons (Fsp3) is 0.538. The zero-order chi connectivity index (χ0) is 27.1. The van der Waals surface area contributed by atoms with E-state index < -0.39 is 42.0 Å². The number of carbonyl (C=O) groups excluding carboxylic acids is 3. The van der Waals surface area contributed by atoms with Gasteiger partial charge in [0, 0.05) is 30.1 Å². The number of likely N-dealkylation sites (tertiary alicyclic amines) is 1. The number of hydrogen-bond acceptors (Lipinski definition) is 6. The maximum Gasteiger partial charge on any atom is 0.326 e. The molecular weight excluding hydrogens is 494 g/mol. The topological polar surface area (TPSA) is 158 Å². The molecule has 1 saturated heterocycles. The first-order chi connectivity index (χ1) is 17.6. The molecule has 1 fully saturated rings. The van der Waals surface area contributed by atoms with Gasteiger partial charge in [-0.15, -0.1) is 0 Å². The van der Waals surface area contributed by atoms with Crippen LogP contribution in [0.15, 0.2) is 30.5 Å². The molecule has 0 saturated carbocycles. The second-order valence-electron chi connectivity index (χ2n) is 9.77. The first kappa shape index (κ1) is 28.5. The van der Waals surface area contributed by atoms with E-state index in [4.69, 9.17) is 5.73 Å². The Morgan fingerprint density at radius 1 is 1.19 bits per heavy atom. The van der Waals surface area contributed by atoms with Crippen LogP contribution in [-0.4, -0.2) is 81.4 Å². The molecule has 0 radical (unpaired) electrons. The lowest BCUT2D eigenvalue weighted by atomic mass is 10.0. The minimum Gasteiger partial charge on any atom is -0.480 e. The molecule has 0 spiro atoms. The summed E-state index contributed by atoms with van der Waals surface area (Å²) in [6.07, 6.45) is 5.18. The Labute approximate surface area is 221 Å². The number of H-pyrrole nitrogens is 1. The Balaban J connectivity index is 1.82. The minimum atomic E-state index is -1.13. The van der Waals surface area contributed by atoms with Crippen LogP contribution in [0.25, 0.3) is 10.9 Å². The quantitative estimate of drug-likeness (QED) is 0.278. The number of carboxylic acid groups (broad SMARTS) is 1. The molecule has 1 aliphatic heterocycles. The number of aromatic amines is 1. The maximum atomic E-state index is 13.4. The molecule has 202 valence electrons. The number of carboxylic acids is 1. The molecule has 1 aliphatic rings. The van der Waals surface area contributed by atoms with Gasteiger partial charge in [0.25, 0.3) is 0 Å². The van der Waals surface area contributed by atoms with Gasteiger partial charge in [0.1, 0.15) is 18.1 Å². The zero-order valence-corrected chi connectivity index (χ0v) is 22.3. The third kappa shape index (κ3) is 7.04. The standard InChI is InChI=1S/C26H37N5O5S/c1-15(2)22(27)25(34)31-11-6-9-21(31)24(33)30-20(23(32)29-19(26(35)36)10-12-37-3)13-16-14-28-18-8-5-4-7-17(16)18/h4-5,7-8,14-15,19-22,28H,6,9-13,27H2,1-3H3,(H,29,32)(H,30,33)(H,35,36). The first-order valence-corrected chi connectivity index (χ1v) is 14.0. The Morgan fingerprint density at radius 2 is 1.92 bits per heavy atom. The summed E-state index contributed by atoms with van der Waals surface area (Å²) in [6, 6.07) is 4.06. The highest BCUT2D eigenvalue weighted by atomic mass is 32.2.